The molecule has 0 fully saturated rings. The second-order valence-electron chi connectivity index (χ2n) is 3.21. The average molecular weight is 161 g/mol. The van der Waals surface area contributed by atoms with Gasteiger partial charge >= 0.3 is 0 Å². The molecule has 0 atom stereocenters. The van der Waals surface area contributed by atoms with E-state index in [4.69, 9.17) is 0 Å². The van der Waals surface area contributed by atoms with Crippen LogP contribution in [0.25, 0.3) is 5.52 Å². The van der Waals surface area contributed by atoms with Crippen LogP contribution in [-0.4, -0.2) is 14.6 Å². The fourth-order valence-electron chi connectivity index (χ4n) is 1.15. The van der Waals surface area contributed by atoms with Crippen molar-refractivity contribution in [2.24, 2.45) is 0 Å². The van der Waals surface area contributed by atoms with Crippen LogP contribution in [0.15, 0.2) is 24.8 Å². The second-order valence-corrected chi connectivity index (χ2v) is 3.21. The maximum Gasteiger partial charge on any atom is 0.117 e. The largest absolute Gasteiger partial charge is 0.243 e. The highest BCUT2D eigenvalue weighted by atomic mass is 15.2. The Balaban J connectivity index is 2.60. The summed E-state index contributed by atoms with van der Waals surface area (Å²) in [6.45, 7) is 4.31. The van der Waals surface area contributed by atoms with E-state index in [1.807, 2.05) is 12.4 Å². The number of hydrogen-bond donors (Lipinski definition) is 0. The first-order valence-electron chi connectivity index (χ1n) is 4.05. The van der Waals surface area contributed by atoms with Gasteiger partial charge in [0.05, 0.1) is 17.9 Å². The van der Waals surface area contributed by atoms with Gasteiger partial charge in [-0.25, -0.2) is 9.50 Å². The lowest BCUT2D eigenvalue weighted by Crippen LogP contribution is -1.93. The van der Waals surface area contributed by atoms with Crippen molar-refractivity contribution < 1.29 is 0 Å². The van der Waals surface area contributed by atoms with E-state index in [0.717, 1.165) is 5.52 Å². The molecule has 0 aromatic carbocycles. The summed E-state index contributed by atoms with van der Waals surface area (Å²) in [5, 5.41) is 4.22. The zero-order valence-electron chi connectivity index (χ0n) is 7.23. The Morgan fingerprint density at radius 1 is 1.33 bits per heavy atom. The molecule has 2 heterocycles. The normalized spacial score (nSPS) is 11.2. The topological polar surface area (TPSA) is 30.2 Å². The molecule has 0 saturated carbocycles. The van der Waals surface area contributed by atoms with Gasteiger partial charge in [0.2, 0.25) is 0 Å². The third-order valence-corrected chi connectivity index (χ3v) is 1.96. The minimum Gasteiger partial charge on any atom is -0.243 e. The molecule has 12 heavy (non-hydrogen) atoms. The van der Waals surface area contributed by atoms with E-state index in [9.17, 15) is 0 Å². The molecule has 2 aromatic rings. The molecule has 0 saturated heterocycles. The molecule has 0 spiro atoms. The fourth-order valence-corrected chi connectivity index (χ4v) is 1.15. The summed E-state index contributed by atoms with van der Waals surface area (Å²) in [6, 6.07) is 2.12. The molecule has 0 amide bonds. The monoisotopic (exact) mass is 161 g/mol. The fraction of sp³-hybridized carbons (Fsp3) is 0.333. The molecule has 0 aliphatic carbocycles. The first-order chi connectivity index (χ1) is 5.77. The van der Waals surface area contributed by atoms with Crippen LogP contribution < -0.4 is 0 Å². The van der Waals surface area contributed by atoms with E-state index in [0.29, 0.717) is 5.92 Å². The summed E-state index contributed by atoms with van der Waals surface area (Å²) in [5.74, 6) is 0.525. The number of nitrogens with zero attached hydrogens (tertiary/aromatic N) is 3. The number of imidazole rings is 1. The van der Waals surface area contributed by atoms with E-state index >= 15 is 0 Å². The minimum atomic E-state index is 0.525. The molecule has 2 rings (SSSR count). The van der Waals surface area contributed by atoms with E-state index < -0.39 is 0 Å². The zero-order chi connectivity index (χ0) is 8.55. The molecule has 3 nitrogen and oxygen atoms in total. The lowest BCUT2D eigenvalue weighted by atomic mass is 10.1. The lowest BCUT2D eigenvalue weighted by Gasteiger charge is -2.03. The van der Waals surface area contributed by atoms with Crippen LogP contribution >= 0.6 is 0 Å². The Morgan fingerprint density at radius 3 is 2.92 bits per heavy atom. The van der Waals surface area contributed by atoms with E-state index in [1.165, 1.54) is 5.56 Å². The third kappa shape index (κ3) is 1.07. The van der Waals surface area contributed by atoms with Crippen molar-refractivity contribution in [1.29, 1.82) is 0 Å². The molecule has 0 N–H and O–H groups in total. The highest BCUT2D eigenvalue weighted by Crippen LogP contribution is 2.14. The lowest BCUT2D eigenvalue weighted by molar-refractivity contribution is 0.829. The Kier molecular flexibility index (Phi) is 1.57. The van der Waals surface area contributed by atoms with Gasteiger partial charge in [0.1, 0.15) is 6.33 Å². The van der Waals surface area contributed by atoms with Crippen molar-refractivity contribution in [1.82, 2.24) is 14.6 Å². The van der Waals surface area contributed by atoms with Crippen LogP contribution in [0.1, 0.15) is 25.3 Å². The summed E-state index contributed by atoms with van der Waals surface area (Å²) >= 11 is 0. The quantitative estimate of drug-likeness (QED) is 0.639. The first kappa shape index (κ1) is 7.28. The summed E-state index contributed by atoms with van der Waals surface area (Å²) in [5.41, 5.74) is 2.31. The van der Waals surface area contributed by atoms with Gasteiger partial charge in [-0.1, -0.05) is 13.8 Å². The van der Waals surface area contributed by atoms with Crippen molar-refractivity contribution in [3.05, 3.63) is 30.4 Å². The summed E-state index contributed by atoms with van der Waals surface area (Å²) in [4.78, 5) is 4.00. The van der Waals surface area contributed by atoms with E-state index in [-0.39, 0.29) is 0 Å². The molecule has 0 radical (unpaired) electrons. The van der Waals surface area contributed by atoms with Gasteiger partial charge in [0.15, 0.2) is 0 Å². The third-order valence-electron chi connectivity index (χ3n) is 1.96. The molecule has 3 heteroatoms. The molecule has 2 aromatic heterocycles. The van der Waals surface area contributed by atoms with Crippen LogP contribution in [0.5, 0.6) is 0 Å². The van der Waals surface area contributed by atoms with Crippen LogP contribution in [0.3, 0.4) is 0 Å². The number of hydrogen-bond acceptors (Lipinski definition) is 2. The van der Waals surface area contributed by atoms with Gasteiger partial charge in [0.25, 0.3) is 0 Å². The molecule has 0 bridgehead atoms. The summed E-state index contributed by atoms with van der Waals surface area (Å²) < 4.78 is 1.77. The van der Waals surface area contributed by atoms with Gasteiger partial charge in [-0.05, 0) is 17.5 Å². The Hall–Kier alpha value is -1.38. The van der Waals surface area contributed by atoms with Crippen molar-refractivity contribution >= 4 is 5.52 Å². The van der Waals surface area contributed by atoms with Gasteiger partial charge in [-0.15, -0.1) is 0 Å². The molecule has 0 unspecified atom stereocenters. The summed E-state index contributed by atoms with van der Waals surface area (Å²) in [7, 11) is 0. The van der Waals surface area contributed by atoms with Crippen molar-refractivity contribution in [3.63, 3.8) is 0 Å². The SMILES string of the molecule is CC(C)c1cnn2cncc2c1. The highest BCUT2D eigenvalue weighted by Gasteiger charge is 2.00. The maximum absolute atomic E-state index is 4.22. The molecular formula is C9H11N3. The number of aromatic nitrogens is 3. The van der Waals surface area contributed by atoms with Crippen molar-refractivity contribution in [2.75, 3.05) is 0 Å². The number of fused-ring (bicyclic) bond motifs is 1. The predicted molar refractivity (Wildman–Crippen MR) is 47.1 cm³/mol. The van der Waals surface area contributed by atoms with Crippen LogP contribution in [0, 0.1) is 0 Å². The second kappa shape index (κ2) is 2.59. The van der Waals surface area contributed by atoms with Gasteiger partial charge in [-0.2, -0.15) is 5.10 Å². The van der Waals surface area contributed by atoms with Gasteiger partial charge < -0.3 is 0 Å². The molecule has 0 aliphatic heterocycles. The smallest absolute Gasteiger partial charge is 0.117 e. The Labute approximate surface area is 71.1 Å². The maximum atomic E-state index is 4.22. The van der Waals surface area contributed by atoms with Crippen LogP contribution in [-0.2, 0) is 0 Å². The summed E-state index contributed by atoms with van der Waals surface area (Å²) in [6.07, 6.45) is 5.41. The molecule has 0 aliphatic rings. The van der Waals surface area contributed by atoms with Crippen molar-refractivity contribution in [2.45, 2.75) is 19.8 Å². The van der Waals surface area contributed by atoms with Gasteiger partial charge in [-0.3, -0.25) is 0 Å². The first-order valence-corrected chi connectivity index (χ1v) is 4.05. The minimum absolute atomic E-state index is 0.525. The van der Waals surface area contributed by atoms with E-state index in [1.54, 1.807) is 10.8 Å². The predicted octanol–water partition coefficient (Wildman–Crippen LogP) is 1.85. The Morgan fingerprint density at radius 2 is 2.17 bits per heavy atom. The average Bonchev–Trinajstić information content (AvgIpc) is 2.49. The van der Waals surface area contributed by atoms with Crippen LogP contribution in [0.4, 0.5) is 0 Å². The standard InChI is InChI=1S/C9H11N3/c1-7(2)8-3-9-5-10-6-12(9)11-4-8/h3-7H,1-2H3. The molecule has 62 valence electrons. The molecular weight excluding hydrogens is 150 g/mol. The van der Waals surface area contributed by atoms with Crippen molar-refractivity contribution in [3.8, 4) is 0 Å². The van der Waals surface area contributed by atoms with E-state index in [2.05, 4.69) is 30.0 Å². The highest BCUT2D eigenvalue weighted by molar-refractivity contribution is 5.45. The van der Waals surface area contributed by atoms with Gasteiger partial charge in [0, 0.05) is 0 Å². The zero-order valence-corrected chi connectivity index (χ0v) is 7.23. The Bertz CT molecular complexity index is 389. The van der Waals surface area contributed by atoms with Crippen LogP contribution in [0.2, 0.25) is 0 Å². The number of rotatable bonds is 1.